The quantitative estimate of drug-likeness (QED) is 0.255. The molecule has 2 nitrogen and oxygen atoms in total. The lowest BCUT2D eigenvalue weighted by Gasteiger charge is -2.12. The van der Waals surface area contributed by atoms with E-state index in [4.69, 9.17) is 4.99 Å². The van der Waals surface area contributed by atoms with Gasteiger partial charge in [0.2, 0.25) is 0 Å². The van der Waals surface area contributed by atoms with Gasteiger partial charge in [-0.2, -0.15) is 0 Å². The van der Waals surface area contributed by atoms with Crippen molar-refractivity contribution in [3.63, 3.8) is 0 Å². The predicted octanol–water partition coefficient (Wildman–Crippen LogP) is 7.84. The number of carbonyl (C=O) groups is 1. The standard InChI is InChI=1S/C29H22FNOS/c1-19(20-7-3-2-4-8-20)17-26(32)22-13-16-28-25(18-22)31-29(21-11-14-23(30)15-12-21)24-9-5-6-10-27(24)33-28/h2-16,18-19H,17H2,1H3. The van der Waals surface area contributed by atoms with E-state index in [1.807, 2.05) is 54.6 Å². The number of ketones is 1. The summed E-state index contributed by atoms with van der Waals surface area (Å²) >= 11 is 1.64. The zero-order valence-electron chi connectivity index (χ0n) is 18.2. The van der Waals surface area contributed by atoms with Gasteiger partial charge in [0.05, 0.1) is 11.4 Å². The third-order valence-electron chi connectivity index (χ3n) is 5.85. The molecule has 0 spiro atoms. The van der Waals surface area contributed by atoms with Crippen LogP contribution in [0.3, 0.4) is 0 Å². The van der Waals surface area contributed by atoms with Gasteiger partial charge in [0.25, 0.3) is 0 Å². The molecule has 4 aromatic carbocycles. The van der Waals surface area contributed by atoms with Crippen molar-refractivity contribution in [1.82, 2.24) is 0 Å². The van der Waals surface area contributed by atoms with Crippen molar-refractivity contribution in [3.05, 3.63) is 125 Å². The van der Waals surface area contributed by atoms with Gasteiger partial charge in [-0.3, -0.25) is 4.79 Å². The molecule has 5 rings (SSSR count). The molecule has 0 N–H and O–H groups in total. The molecule has 162 valence electrons. The summed E-state index contributed by atoms with van der Waals surface area (Å²) < 4.78 is 13.6. The van der Waals surface area contributed by atoms with Crippen molar-refractivity contribution in [2.45, 2.75) is 29.1 Å². The van der Waals surface area contributed by atoms with E-state index in [1.165, 1.54) is 12.1 Å². The lowest BCUT2D eigenvalue weighted by atomic mass is 9.93. The van der Waals surface area contributed by atoms with Gasteiger partial charge in [-0.25, -0.2) is 9.38 Å². The molecule has 0 bridgehead atoms. The Kier molecular flexibility index (Phi) is 5.93. The number of carbonyl (C=O) groups excluding carboxylic acids is 1. The highest BCUT2D eigenvalue weighted by atomic mass is 32.2. The van der Waals surface area contributed by atoms with Crippen molar-refractivity contribution in [3.8, 4) is 0 Å². The van der Waals surface area contributed by atoms with Gasteiger partial charge >= 0.3 is 0 Å². The van der Waals surface area contributed by atoms with Crippen LogP contribution in [0.15, 0.2) is 112 Å². The van der Waals surface area contributed by atoms with Crippen LogP contribution < -0.4 is 0 Å². The number of hydrogen-bond acceptors (Lipinski definition) is 3. The Hall–Kier alpha value is -3.50. The van der Waals surface area contributed by atoms with Gasteiger partial charge in [-0.15, -0.1) is 0 Å². The second-order valence-electron chi connectivity index (χ2n) is 8.19. The fourth-order valence-corrected chi connectivity index (χ4v) is 5.04. The minimum Gasteiger partial charge on any atom is -0.294 e. The Morgan fingerprint density at radius 1 is 0.879 bits per heavy atom. The van der Waals surface area contributed by atoms with Gasteiger partial charge in [0.15, 0.2) is 5.78 Å². The number of nitrogens with zero attached hydrogens (tertiary/aromatic N) is 1. The Bertz CT molecular complexity index is 1350. The van der Waals surface area contributed by atoms with Gasteiger partial charge < -0.3 is 0 Å². The summed E-state index contributed by atoms with van der Waals surface area (Å²) in [6, 6.07) is 30.3. The van der Waals surface area contributed by atoms with E-state index >= 15 is 0 Å². The molecule has 0 aromatic heterocycles. The molecule has 33 heavy (non-hydrogen) atoms. The maximum absolute atomic E-state index is 13.6. The summed E-state index contributed by atoms with van der Waals surface area (Å²) in [6.07, 6.45) is 0.435. The van der Waals surface area contributed by atoms with Crippen LogP contribution in [0.25, 0.3) is 0 Å². The Labute approximate surface area is 197 Å². The van der Waals surface area contributed by atoms with Crippen molar-refractivity contribution in [2.75, 3.05) is 0 Å². The van der Waals surface area contributed by atoms with Crippen molar-refractivity contribution < 1.29 is 9.18 Å². The molecular formula is C29H22FNOS. The molecule has 1 atom stereocenters. The molecule has 1 aliphatic rings. The SMILES string of the molecule is CC(CC(=O)c1ccc2c(c1)N=C(c1ccc(F)cc1)c1ccccc1S2)c1ccccc1. The summed E-state index contributed by atoms with van der Waals surface area (Å²) in [5.41, 5.74) is 5.18. The average molecular weight is 452 g/mol. The summed E-state index contributed by atoms with van der Waals surface area (Å²) in [4.78, 5) is 20.2. The molecule has 0 radical (unpaired) electrons. The number of rotatable bonds is 5. The van der Waals surface area contributed by atoms with E-state index < -0.39 is 0 Å². The summed E-state index contributed by atoms with van der Waals surface area (Å²) in [5.74, 6) is -0.0506. The topological polar surface area (TPSA) is 29.4 Å². The molecule has 1 heterocycles. The molecule has 4 aromatic rings. The second-order valence-corrected chi connectivity index (χ2v) is 9.27. The Morgan fingerprint density at radius 2 is 1.61 bits per heavy atom. The van der Waals surface area contributed by atoms with Gasteiger partial charge in [0.1, 0.15) is 5.82 Å². The van der Waals surface area contributed by atoms with Crippen LogP contribution in [-0.4, -0.2) is 11.5 Å². The minimum absolute atomic E-state index is 0.0967. The van der Waals surface area contributed by atoms with Gasteiger partial charge in [0, 0.05) is 32.9 Å². The predicted molar refractivity (Wildman–Crippen MR) is 133 cm³/mol. The van der Waals surface area contributed by atoms with Crippen molar-refractivity contribution >= 4 is 28.9 Å². The smallest absolute Gasteiger partial charge is 0.163 e. The molecular weight excluding hydrogens is 429 g/mol. The molecule has 1 aliphatic heterocycles. The zero-order valence-corrected chi connectivity index (χ0v) is 19.0. The van der Waals surface area contributed by atoms with Crippen LogP contribution in [-0.2, 0) is 0 Å². The van der Waals surface area contributed by atoms with Crippen LogP contribution in [0.4, 0.5) is 10.1 Å². The summed E-state index contributed by atoms with van der Waals surface area (Å²) in [7, 11) is 0. The van der Waals surface area contributed by atoms with Gasteiger partial charge in [-0.05, 0) is 53.9 Å². The minimum atomic E-state index is -0.281. The fourth-order valence-electron chi connectivity index (χ4n) is 4.04. The van der Waals surface area contributed by atoms with Crippen molar-refractivity contribution in [1.29, 1.82) is 0 Å². The van der Waals surface area contributed by atoms with E-state index in [2.05, 4.69) is 25.1 Å². The van der Waals surface area contributed by atoms with Gasteiger partial charge in [-0.1, -0.05) is 73.3 Å². The van der Waals surface area contributed by atoms with E-state index in [9.17, 15) is 9.18 Å². The third kappa shape index (κ3) is 4.53. The normalized spacial score (nSPS) is 13.3. The zero-order chi connectivity index (χ0) is 22.8. The number of halogens is 1. The number of benzene rings is 4. The largest absolute Gasteiger partial charge is 0.294 e. The van der Waals surface area contributed by atoms with Crippen molar-refractivity contribution in [2.24, 2.45) is 4.99 Å². The fraction of sp³-hybridized carbons (Fsp3) is 0.103. The number of hydrogen-bond donors (Lipinski definition) is 0. The number of Topliss-reactive ketones (excluding diaryl/α,β-unsaturated/α-hetero) is 1. The highest BCUT2D eigenvalue weighted by molar-refractivity contribution is 7.99. The lowest BCUT2D eigenvalue weighted by Crippen LogP contribution is -2.05. The van der Waals surface area contributed by atoms with Crippen LogP contribution in [0, 0.1) is 5.82 Å². The molecule has 0 saturated heterocycles. The monoisotopic (exact) mass is 451 g/mol. The second kappa shape index (κ2) is 9.16. The number of aliphatic imine (C=N–C) groups is 1. The molecule has 4 heteroatoms. The first-order valence-electron chi connectivity index (χ1n) is 10.9. The highest BCUT2D eigenvalue weighted by Crippen LogP contribution is 2.42. The van der Waals surface area contributed by atoms with E-state index in [0.29, 0.717) is 12.0 Å². The van der Waals surface area contributed by atoms with E-state index in [-0.39, 0.29) is 17.5 Å². The summed E-state index contributed by atoms with van der Waals surface area (Å²) in [6.45, 7) is 2.08. The number of fused-ring (bicyclic) bond motifs is 2. The lowest BCUT2D eigenvalue weighted by molar-refractivity contribution is 0.0975. The first kappa shape index (κ1) is 21.4. The van der Waals surface area contributed by atoms with Crippen LogP contribution in [0.1, 0.15) is 46.3 Å². The van der Waals surface area contributed by atoms with Crippen LogP contribution in [0.2, 0.25) is 0 Å². The van der Waals surface area contributed by atoms with E-state index in [0.717, 1.165) is 37.9 Å². The van der Waals surface area contributed by atoms with Crippen LogP contribution >= 0.6 is 11.8 Å². The maximum atomic E-state index is 13.6. The molecule has 0 amide bonds. The molecule has 0 fully saturated rings. The molecule has 1 unspecified atom stereocenters. The first-order chi connectivity index (χ1) is 16.1. The Morgan fingerprint density at radius 3 is 2.39 bits per heavy atom. The maximum Gasteiger partial charge on any atom is 0.163 e. The average Bonchev–Trinajstić information content (AvgIpc) is 3.01. The Balaban J connectivity index is 1.52. The molecule has 0 aliphatic carbocycles. The van der Waals surface area contributed by atoms with E-state index in [1.54, 1.807) is 23.9 Å². The first-order valence-corrected chi connectivity index (χ1v) is 11.7. The third-order valence-corrected chi connectivity index (χ3v) is 6.99. The highest BCUT2D eigenvalue weighted by Gasteiger charge is 2.20. The molecule has 0 saturated carbocycles. The summed E-state index contributed by atoms with van der Waals surface area (Å²) in [5, 5.41) is 0. The van der Waals surface area contributed by atoms with Crippen LogP contribution in [0.5, 0.6) is 0 Å².